The van der Waals surface area contributed by atoms with Crippen LogP contribution in [0, 0.1) is 11.8 Å². The van der Waals surface area contributed by atoms with E-state index >= 15 is 0 Å². The van der Waals surface area contributed by atoms with Gasteiger partial charge < -0.3 is 4.57 Å². The van der Waals surface area contributed by atoms with Gasteiger partial charge in [-0.1, -0.05) is 48.2 Å². The average molecular weight is 389 g/mol. The van der Waals surface area contributed by atoms with Crippen molar-refractivity contribution < 1.29 is 0 Å². The molecule has 3 heteroatoms. The van der Waals surface area contributed by atoms with Crippen LogP contribution in [0.15, 0.2) is 71.5 Å². The summed E-state index contributed by atoms with van der Waals surface area (Å²) in [4.78, 5) is 4.23. The predicted octanol–water partition coefficient (Wildman–Crippen LogP) is 5.76. The zero-order valence-corrected chi connectivity index (χ0v) is 15.5. The maximum absolute atomic E-state index is 4.23. The maximum atomic E-state index is 4.23. The van der Waals surface area contributed by atoms with E-state index in [1.807, 2.05) is 6.20 Å². The minimum Gasteiger partial charge on any atom is -0.329 e. The Morgan fingerprint density at radius 3 is 2.28 bits per heavy atom. The highest BCUT2D eigenvalue weighted by Crippen LogP contribution is 2.28. The Morgan fingerprint density at radius 1 is 1.00 bits per heavy atom. The third-order valence-electron chi connectivity index (χ3n) is 4.46. The number of pyridine rings is 1. The highest BCUT2D eigenvalue weighted by atomic mass is 79.9. The van der Waals surface area contributed by atoms with Crippen molar-refractivity contribution in [2.24, 2.45) is 0 Å². The lowest BCUT2D eigenvalue weighted by atomic mass is 10.0. The van der Waals surface area contributed by atoms with Gasteiger partial charge >= 0.3 is 0 Å². The number of hydrogen-bond acceptors (Lipinski definition) is 1. The fourth-order valence-electron chi connectivity index (χ4n) is 3.20. The number of aromatic nitrogens is 2. The van der Waals surface area contributed by atoms with Crippen molar-refractivity contribution in [1.29, 1.82) is 0 Å². The maximum Gasteiger partial charge on any atom is 0.0843 e. The normalized spacial score (nSPS) is 12.1. The van der Waals surface area contributed by atoms with Crippen LogP contribution in [-0.2, 0) is 6.54 Å². The molecular formula is C22H17BrN2. The molecule has 122 valence electrons. The van der Waals surface area contributed by atoms with E-state index in [0.29, 0.717) is 6.54 Å². The van der Waals surface area contributed by atoms with E-state index in [1.165, 1.54) is 21.8 Å². The van der Waals surface area contributed by atoms with Gasteiger partial charge in [0, 0.05) is 44.6 Å². The first-order valence-electron chi connectivity index (χ1n) is 8.29. The molecule has 4 rings (SSSR count). The number of rotatable bonds is 2. The molecule has 25 heavy (non-hydrogen) atoms. The van der Waals surface area contributed by atoms with Crippen LogP contribution >= 0.6 is 15.9 Å². The summed E-state index contributed by atoms with van der Waals surface area (Å²) in [6, 6.07) is 19.1. The third-order valence-corrected chi connectivity index (χ3v) is 4.90. The van der Waals surface area contributed by atoms with Crippen molar-refractivity contribution in [3.63, 3.8) is 0 Å². The minimum absolute atomic E-state index is 0.151. The topological polar surface area (TPSA) is 17.8 Å². The van der Waals surface area contributed by atoms with Crippen LogP contribution in [0.1, 0.15) is 18.4 Å². The molecule has 2 aromatic heterocycles. The summed E-state index contributed by atoms with van der Waals surface area (Å²) in [6.45, 7) is 2.79. The first-order valence-corrected chi connectivity index (χ1v) is 9.08. The van der Waals surface area contributed by atoms with Crippen molar-refractivity contribution in [1.82, 2.24) is 9.55 Å². The average Bonchev–Trinajstić information content (AvgIpc) is 2.96. The second-order valence-electron chi connectivity index (χ2n) is 6.10. The predicted molar refractivity (Wildman–Crippen MR) is 108 cm³/mol. The van der Waals surface area contributed by atoms with Crippen LogP contribution in [0.5, 0.6) is 0 Å². The summed E-state index contributed by atoms with van der Waals surface area (Å²) in [5.74, 6) is 6.87. The SMILES string of the molecule is C[C@@H](C#CCn1c2ccccc2c2ccccc21)c1cncc(Br)c1. The molecule has 0 radical (unpaired) electrons. The van der Waals surface area contributed by atoms with Crippen molar-refractivity contribution in [2.75, 3.05) is 0 Å². The molecule has 0 N–H and O–H groups in total. The Hall–Kier alpha value is -2.57. The highest BCUT2D eigenvalue weighted by molar-refractivity contribution is 9.10. The second kappa shape index (κ2) is 6.74. The summed E-state index contributed by atoms with van der Waals surface area (Å²) in [5.41, 5.74) is 3.59. The van der Waals surface area contributed by atoms with E-state index in [2.05, 4.69) is 98.8 Å². The van der Waals surface area contributed by atoms with Gasteiger partial charge in [0.25, 0.3) is 0 Å². The van der Waals surface area contributed by atoms with E-state index in [9.17, 15) is 0 Å². The minimum atomic E-state index is 0.151. The van der Waals surface area contributed by atoms with Crippen LogP contribution in [0.3, 0.4) is 0 Å². The van der Waals surface area contributed by atoms with Crippen LogP contribution < -0.4 is 0 Å². The number of nitrogens with zero attached hydrogens (tertiary/aromatic N) is 2. The van der Waals surface area contributed by atoms with Gasteiger partial charge in [0.05, 0.1) is 6.54 Å². The molecule has 0 spiro atoms. The van der Waals surface area contributed by atoms with E-state index < -0.39 is 0 Å². The molecule has 2 aromatic carbocycles. The fraction of sp³-hybridized carbons (Fsp3) is 0.136. The Balaban J connectivity index is 1.70. The van der Waals surface area contributed by atoms with Gasteiger partial charge in [-0.3, -0.25) is 4.98 Å². The van der Waals surface area contributed by atoms with Crippen LogP contribution in [0.25, 0.3) is 21.8 Å². The number of fused-ring (bicyclic) bond motifs is 3. The van der Waals surface area contributed by atoms with E-state index in [-0.39, 0.29) is 5.92 Å². The lowest BCUT2D eigenvalue weighted by molar-refractivity contribution is 0.914. The summed E-state index contributed by atoms with van der Waals surface area (Å²) in [6.07, 6.45) is 3.67. The van der Waals surface area contributed by atoms with Gasteiger partial charge in [0.2, 0.25) is 0 Å². The van der Waals surface area contributed by atoms with Crippen LogP contribution in [-0.4, -0.2) is 9.55 Å². The zero-order chi connectivity index (χ0) is 17.2. The largest absolute Gasteiger partial charge is 0.329 e. The van der Waals surface area contributed by atoms with Gasteiger partial charge in [-0.2, -0.15) is 0 Å². The Morgan fingerprint density at radius 2 is 1.64 bits per heavy atom. The van der Waals surface area contributed by atoms with Crippen molar-refractivity contribution in [2.45, 2.75) is 19.4 Å². The van der Waals surface area contributed by atoms with Gasteiger partial charge in [0.15, 0.2) is 0 Å². The molecule has 0 fully saturated rings. The second-order valence-corrected chi connectivity index (χ2v) is 7.02. The lowest BCUT2D eigenvalue weighted by Gasteiger charge is -2.05. The first-order chi connectivity index (χ1) is 12.2. The molecular weight excluding hydrogens is 372 g/mol. The van der Waals surface area contributed by atoms with Gasteiger partial charge in [-0.05, 0) is 46.6 Å². The van der Waals surface area contributed by atoms with E-state index in [4.69, 9.17) is 0 Å². The van der Waals surface area contributed by atoms with Gasteiger partial charge in [-0.25, -0.2) is 0 Å². The molecule has 0 bridgehead atoms. The number of hydrogen-bond donors (Lipinski definition) is 0. The molecule has 0 aliphatic rings. The monoisotopic (exact) mass is 388 g/mol. The quantitative estimate of drug-likeness (QED) is 0.399. The first kappa shape index (κ1) is 15.9. The summed E-state index contributed by atoms with van der Waals surface area (Å²) in [5, 5.41) is 2.56. The van der Waals surface area contributed by atoms with Crippen molar-refractivity contribution >= 4 is 37.7 Å². The number of para-hydroxylation sites is 2. The fourth-order valence-corrected chi connectivity index (χ4v) is 3.58. The van der Waals surface area contributed by atoms with Gasteiger partial charge in [0.1, 0.15) is 0 Å². The molecule has 0 amide bonds. The zero-order valence-electron chi connectivity index (χ0n) is 13.9. The molecule has 0 saturated heterocycles. The van der Waals surface area contributed by atoms with Crippen LogP contribution in [0.2, 0.25) is 0 Å². The molecule has 0 unspecified atom stereocenters. The Kier molecular flexibility index (Phi) is 4.29. The summed E-state index contributed by atoms with van der Waals surface area (Å²) >= 11 is 3.47. The van der Waals surface area contributed by atoms with Crippen molar-refractivity contribution in [3.05, 3.63) is 77.0 Å². The van der Waals surface area contributed by atoms with Gasteiger partial charge in [-0.15, -0.1) is 0 Å². The van der Waals surface area contributed by atoms with Crippen molar-refractivity contribution in [3.8, 4) is 11.8 Å². The summed E-state index contributed by atoms with van der Waals surface area (Å²) < 4.78 is 3.28. The number of halogens is 1. The molecule has 0 aliphatic heterocycles. The third kappa shape index (κ3) is 3.06. The van der Waals surface area contributed by atoms with E-state index in [0.717, 1.165) is 10.0 Å². The summed E-state index contributed by atoms with van der Waals surface area (Å²) in [7, 11) is 0. The molecule has 0 aliphatic carbocycles. The lowest BCUT2D eigenvalue weighted by Crippen LogP contribution is -1.96. The smallest absolute Gasteiger partial charge is 0.0843 e. The molecule has 1 atom stereocenters. The highest BCUT2D eigenvalue weighted by Gasteiger charge is 2.08. The molecule has 4 aromatic rings. The molecule has 2 nitrogen and oxygen atoms in total. The standard InChI is InChI=1S/C22H17BrN2/c1-16(17-13-18(23)15-24-14-17)7-6-12-25-21-10-4-2-8-19(21)20-9-3-5-11-22(20)25/h2-5,8-11,13-16H,12H2,1H3/t16-/m0/s1. The Labute approximate surface area is 155 Å². The van der Waals surface area contributed by atoms with Crippen LogP contribution in [0.4, 0.5) is 0 Å². The van der Waals surface area contributed by atoms with E-state index in [1.54, 1.807) is 6.20 Å². The molecule has 2 heterocycles. The molecule has 0 saturated carbocycles. The number of benzene rings is 2. The Bertz CT molecular complexity index is 1060.